The van der Waals surface area contributed by atoms with Crippen LogP contribution in [0.2, 0.25) is 0 Å². The van der Waals surface area contributed by atoms with Crippen LogP contribution in [-0.2, 0) is 12.8 Å². The van der Waals surface area contributed by atoms with Crippen molar-refractivity contribution in [3.8, 4) is 11.5 Å². The standard InChI is InChI=1S/C20H26O2/c1-13(2)17-9-5-7-15(19(17)21)11-12-16-8-6-10-18(14(3)4)20(16)22/h5-10,13-14,21-22H,11-12H2,1-4H3. The minimum Gasteiger partial charge on any atom is -0.507 e. The zero-order valence-corrected chi connectivity index (χ0v) is 13.9. The quantitative estimate of drug-likeness (QED) is 0.803. The van der Waals surface area contributed by atoms with E-state index in [1.807, 2.05) is 36.4 Å². The summed E-state index contributed by atoms with van der Waals surface area (Å²) < 4.78 is 0. The van der Waals surface area contributed by atoms with Crippen LogP contribution in [0.1, 0.15) is 61.8 Å². The summed E-state index contributed by atoms with van der Waals surface area (Å²) in [6.45, 7) is 8.32. The molecule has 0 fully saturated rings. The van der Waals surface area contributed by atoms with Crippen LogP contribution in [0.15, 0.2) is 36.4 Å². The highest BCUT2D eigenvalue weighted by Gasteiger charge is 2.13. The number of phenolic OH excluding ortho intramolecular Hbond substituents is 2. The van der Waals surface area contributed by atoms with Crippen molar-refractivity contribution in [2.24, 2.45) is 0 Å². The fourth-order valence-corrected chi connectivity index (χ4v) is 2.83. The Kier molecular flexibility index (Phi) is 5.12. The Morgan fingerprint density at radius 3 is 1.36 bits per heavy atom. The van der Waals surface area contributed by atoms with Gasteiger partial charge in [0.05, 0.1) is 0 Å². The molecule has 0 saturated heterocycles. The molecule has 118 valence electrons. The minimum atomic E-state index is 0.303. The first-order valence-corrected chi connectivity index (χ1v) is 8.03. The number of hydrogen-bond acceptors (Lipinski definition) is 2. The van der Waals surface area contributed by atoms with E-state index in [1.165, 1.54) is 0 Å². The summed E-state index contributed by atoms with van der Waals surface area (Å²) in [7, 11) is 0. The lowest BCUT2D eigenvalue weighted by Gasteiger charge is -2.14. The molecule has 2 aromatic rings. The van der Waals surface area contributed by atoms with Crippen LogP contribution in [0.25, 0.3) is 0 Å². The smallest absolute Gasteiger partial charge is 0.122 e. The zero-order chi connectivity index (χ0) is 16.3. The maximum atomic E-state index is 10.4. The molecule has 0 aliphatic carbocycles. The molecule has 2 heteroatoms. The molecule has 0 amide bonds. The van der Waals surface area contributed by atoms with Crippen LogP contribution in [0.5, 0.6) is 11.5 Å². The van der Waals surface area contributed by atoms with Gasteiger partial charge in [0.1, 0.15) is 11.5 Å². The topological polar surface area (TPSA) is 40.5 Å². The third kappa shape index (κ3) is 3.44. The van der Waals surface area contributed by atoms with Crippen molar-refractivity contribution in [1.82, 2.24) is 0 Å². The summed E-state index contributed by atoms with van der Waals surface area (Å²) in [5, 5.41) is 20.8. The number of benzene rings is 2. The number of para-hydroxylation sites is 2. The lowest BCUT2D eigenvalue weighted by molar-refractivity contribution is 0.452. The molecule has 0 bridgehead atoms. The number of aryl methyl sites for hydroxylation is 2. The van der Waals surface area contributed by atoms with Gasteiger partial charge >= 0.3 is 0 Å². The zero-order valence-electron chi connectivity index (χ0n) is 13.9. The Morgan fingerprint density at radius 2 is 1.05 bits per heavy atom. The highest BCUT2D eigenvalue weighted by Crippen LogP contribution is 2.32. The van der Waals surface area contributed by atoms with Crippen molar-refractivity contribution in [2.75, 3.05) is 0 Å². The molecule has 0 aliphatic rings. The van der Waals surface area contributed by atoms with Crippen molar-refractivity contribution >= 4 is 0 Å². The predicted octanol–water partition coefficient (Wildman–Crippen LogP) is 5.13. The van der Waals surface area contributed by atoms with Gasteiger partial charge in [-0.15, -0.1) is 0 Å². The van der Waals surface area contributed by atoms with Gasteiger partial charge in [-0.25, -0.2) is 0 Å². The van der Waals surface area contributed by atoms with Gasteiger partial charge in [0.15, 0.2) is 0 Å². The van der Waals surface area contributed by atoms with Gasteiger partial charge < -0.3 is 10.2 Å². The van der Waals surface area contributed by atoms with E-state index in [0.717, 1.165) is 35.1 Å². The lowest BCUT2D eigenvalue weighted by atomic mass is 9.94. The summed E-state index contributed by atoms with van der Waals surface area (Å²) in [6.07, 6.45) is 1.45. The first kappa shape index (κ1) is 16.4. The lowest BCUT2D eigenvalue weighted by Crippen LogP contribution is -1.98. The highest BCUT2D eigenvalue weighted by molar-refractivity contribution is 5.45. The second kappa shape index (κ2) is 6.87. The molecule has 2 rings (SSSR count). The van der Waals surface area contributed by atoms with Gasteiger partial charge in [-0.3, -0.25) is 0 Å². The minimum absolute atomic E-state index is 0.303. The number of aromatic hydroxyl groups is 2. The van der Waals surface area contributed by atoms with E-state index in [4.69, 9.17) is 0 Å². The van der Waals surface area contributed by atoms with E-state index in [-0.39, 0.29) is 0 Å². The van der Waals surface area contributed by atoms with E-state index in [0.29, 0.717) is 23.3 Å². The molecule has 2 nitrogen and oxygen atoms in total. The van der Waals surface area contributed by atoms with E-state index < -0.39 is 0 Å². The number of phenols is 2. The van der Waals surface area contributed by atoms with Gasteiger partial charge in [-0.2, -0.15) is 0 Å². The van der Waals surface area contributed by atoms with Crippen LogP contribution in [0.3, 0.4) is 0 Å². The van der Waals surface area contributed by atoms with Crippen molar-refractivity contribution in [1.29, 1.82) is 0 Å². The third-order valence-electron chi connectivity index (χ3n) is 4.21. The maximum Gasteiger partial charge on any atom is 0.122 e. The monoisotopic (exact) mass is 298 g/mol. The average Bonchev–Trinajstić information content (AvgIpc) is 2.46. The van der Waals surface area contributed by atoms with Gasteiger partial charge in [-0.05, 0) is 46.9 Å². The van der Waals surface area contributed by atoms with Gasteiger partial charge in [-0.1, -0.05) is 64.1 Å². The SMILES string of the molecule is CC(C)c1cccc(CCc2cccc(C(C)C)c2O)c1O. The van der Waals surface area contributed by atoms with Gasteiger partial charge in [0, 0.05) is 0 Å². The van der Waals surface area contributed by atoms with Gasteiger partial charge in [0.2, 0.25) is 0 Å². The second-order valence-corrected chi connectivity index (χ2v) is 6.52. The predicted molar refractivity (Wildman–Crippen MR) is 91.8 cm³/mol. The van der Waals surface area contributed by atoms with Crippen LogP contribution in [0, 0.1) is 0 Å². The molecule has 22 heavy (non-hydrogen) atoms. The van der Waals surface area contributed by atoms with E-state index in [1.54, 1.807) is 0 Å². The van der Waals surface area contributed by atoms with E-state index >= 15 is 0 Å². The molecular weight excluding hydrogens is 272 g/mol. The number of hydrogen-bond donors (Lipinski definition) is 2. The number of rotatable bonds is 5. The Morgan fingerprint density at radius 1 is 0.682 bits per heavy atom. The van der Waals surface area contributed by atoms with E-state index in [2.05, 4.69) is 27.7 Å². The molecule has 0 radical (unpaired) electrons. The highest BCUT2D eigenvalue weighted by atomic mass is 16.3. The first-order chi connectivity index (χ1) is 10.4. The Labute approximate surface area is 133 Å². The first-order valence-electron chi connectivity index (χ1n) is 8.03. The third-order valence-corrected chi connectivity index (χ3v) is 4.21. The second-order valence-electron chi connectivity index (χ2n) is 6.52. The van der Waals surface area contributed by atoms with Crippen LogP contribution in [-0.4, -0.2) is 10.2 Å². The van der Waals surface area contributed by atoms with E-state index in [9.17, 15) is 10.2 Å². The molecule has 2 N–H and O–H groups in total. The fraction of sp³-hybridized carbons (Fsp3) is 0.400. The Bertz CT molecular complexity index is 585. The molecule has 2 aromatic carbocycles. The molecule has 0 atom stereocenters. The van der Waals surface area contributed by atoms with Crippen molar-refractivity contribution in [3.05, 3.63) is 58.7 Å². The largest absolute Gasteiger partial charge is 0.507 e. The molecular formula is C20H26O2. The molecule has 0 aliphatic heterocycles. The molecule has 0 heterocycles. The fourth-order valence-electron chi connectivity index (χ4n) is 2.83. The van der Waals surface area contributed by atoms with Gasteiger partial charge in [0.25, 0.3) is 0 Å². The molecule has 0 saturated carbocycles. The molecule has 0 spiro atoms. The Hall–Kier alpha value is -1.96. The summed E-state index contributed by atoms with van der Waals surface area (Å²) in [6, 6.07) is 11.9. The van der Waals surface area contributed by atoms with Crippen LogP contribution < -0.4 is 0 Å². The molecule has 0 unspecified atom stereocenters. The maximum absolute atomic E-state index is 10.4. The normalized spacial score (nSPS) is 11.4. The van der Waals surface area contributed by atoms with Crippen molar-refractivity contribution < 1.29 is 10.2 Å². The average molecular weight is 298 g/mol. The van der Waals surface area contributed by atoms with Crippen molar-refractivity contribution in [3.63, 3.8) is 0 Å². The Balaban J connectivity index is 2.21. The van der Waals surface area contributed by atoms with Crippen molar-refractivity contribution in [2.45, 2.75) is 52.4 Å². The van der Waals surface area contributed by atoms with Crippen LogP contribution >= 0.6 is 0 Å². The summed E-state index contributed by atoms with van der Waals surface area (Å²) in [4.78, 5) is 0. The summed E-state index contributed by atoms with van der Waals surface area (Å²) >= 11 is 0. The summed E-state index contributed by atoms with van der Waals surface area (Å²) in [5.41, 5.74) is 3.86. The van der Waals surface area contributed by atoms with Crippen LogP contribution in [0.4, 0.5) is 0 Å². The summed E-state index contributed by atoms with van der Waals surface area (Å²) in [5.74, 6) is 1.41. The molecule has 0 aromatic heterocycles.